The lowest BCUT2D eigenvalue weighted by atomic mass is 10.2. The second kappa shape index (κ2) is 5.54. The fourth-order valence-corrected chi connectivity index (χ4v) is 1.94. The SMILES string of the molecule is Cc1[nH]ncc1CNCc1cc(Cl)ccc1Cl. The number of rotatable bonds is 4. The summed E-state index contributed by atoms with van der Waals surface area (Å²) in [4.78, 5) is 0. The molecule has 5 heteroatoms. The number of hydrogen-bond donors (Lipinski definition) is 2. The summed E-state index contributed by atoms with van der Waals surface area (Å²) in [5.74, 6) is 0. The summed E-state index contributed by atoms with van der Waals surface area (Å²) in [6.45, 7) is 3.44. The van der Waals surface area contributed by atoms with Crippen LogP contribution >= 0.6 is 23.2 Å². The van der Waals surface area contributed by atoms with Gasteiger partial charge < -0.3 is 5.32 Å². The summed E-state index contributed by atoms with van der Waals surface area (Å²) in [5.41, 5.74) is 3.23. The number of nitrogens with zero attached hydrogens (tertiary/aromatic N) is 1. The molecule has 0 aliphatic carbocycles. The molecule has 2 N–H and O–H groups in total. The molecule has 90 valence electrons. The Balaban J connectivity index is 1.94. The van der Waals surface area contributed by atoms with E-state index in [-0.39, 0.29) is 0 Å². The molecule has 0 aliphatic rings. The lowest BCUT2D eigenvalue weighted by Crippen LogP contribution is -2.13. The Morgan fingerprint density at radius 1 is 1.24 bits per heavy atom. The average Bonchev–Trinajstić information content (AvgIpc) is 2.70. The maximum atomic E-state index is 6.07. The van der Waals surface area contributed by atoms with Gasteiger partial charge in [0.15, 0.2) is 0 Å². The summed E-state index contributed by atoms with van der Waals surface area (Å²) in [6, 6.07) is 5.47. The minimum atomic E-state index is 0.685. The largest absolute Gasteiger partial charge is 0.308 e. The molecule has 0 amide bonds. The molecule has 0 saturated carbocycles. The van der Waals surface area contributed by atoms with Crippen LogP contribution in [0.25, 0.3) is 0 Å². The van der Waals surface area contributed by atoms with Crippen molar-refractivity contribution in [3.05, 3.63) is 51.3 Å². The van der Waals surface area contributed by atoms with Crippen LogP contribution in [-0.2, 0) is 13.1 Å². The molecule has 3 nitrogen and oxygen atoms in total. The van der Waals surface area contributed by atoms with Gasteiger partial charge in [0.25, 0.3) is 0 Å². The van der Waals surface area contributed by atoms with Gasteiger partial charge in [-0.05, 0) is 30.7 Å². The van der Waals surface area contributed by atoms with E-state index in [1.54, 1.807) is 6.07 Å². The van der Waals surface area contributed by atoms with Crippen LogP contribution in [0.15, 0.2) is 24.4 Å². The monoisotopic (exact) mass is 269 g/mol. The lowest BCUT2D eigenvalue weighted by Gasteiger charge is -2.06. The van der Waals surface area contributed by atoms with E-state index in [9.17, 15) is 0 Å². The maximum Gasteiger partial charge on any atom is 0.0535 e. The smallest absolute Gasteiger partial charge is 0.0535 e. The highest BCUT2D eigenvalue weighted by molar-refractivity contribution is 6.33. The summed E-state index contributed by atoms with van der Waals surface area (Å²) in [5, 5.41) is 11.6. The van der Waals surface area contributed by atoms with Crippen LogP contribution in [0.5, 0.6) is 0 Å². The zero-order chi connectivity index (χ0) is 12.3. The van der Waals surface area contributed by atoms with Crippen LogP contribution in [0.2, 0.25) is 10.0 Å². The van der Waals surface area contributed by atoms with Crippen molar-refractivity contribution in [3.8, 4) is 0 Å². The van der Waals surface area contributed by atoms with Gasteiger partial charge in [0.05, 0.1) is 6.20 Å². The van der Waals surface area contributed by atoms with Gasteiger partial charge in [0.1, 0.15) is 0 Å². The molecule has 2 rings (SSSR count). The quantitative estimate of drug-likeness (QED) is 0.894. The Kier molecular flexibility index (Phi) is 4.05. The van der Waals surface area contributed by atoms with Crippen LogP contribution < -0.4 is 5.32 Å². The van der Waals surface area contributed by atoms with Crippen molar-refractivity contribution >= 4 is 23.2 Å². The molecule has 0 spiro atoms. The molecule has 1 heterocycles. The average molecular weight is 270 g/mol. The third kappa shape index (κ3) is 3.22. The Morgan fingerprint density at radius 2 is 2.00 bits per heavy atom. The van der Waals surface area contributed by atoms with E-state index in [1.165, 1.54) is 0 Å². The first-order valence-electron chi connectivity index (χ1n) is 5.30. The summed E-state index contributed by atoms with van der Waals surface area (Å²) in [6.07, 6.45) is 1.82. The van der Waals surface area contributed by atoms with E-state index in [0.29, 0.717) is 11.6 Å². The van der Waals surface area contributed by atoms with Gasteiger partial charge in [-0.3, -0.25) is 5.10 Å². The molecule has 0 fully saturated rings. The van der Waals surface area contributed by atoms with Crippen LogP contribution in [0.4, 0.5) is 0 Å². The number of aromatic nitrogens is 2. The second-order valence-electron chi connectivity index (χ2n) is 3.86. The molecule has 0 radical (unpaired) electrons. The first-order valence-corrected chi connectivity index (χ1v) is 6.06. The van der Waals surface area contributed by atoms with E-state index in [2.05, 4.69) is 15.5 Å². The van der Waals surface area contributed by atoms with Gasteiger partial charge in [-0.15, -0.1) is 0 Å². The third-order valence-corrected chi connectivity index (χ3v) is 3.18. The highest BCUT2D eigenvalue weighted by Gasteiger charge is 2.03. The number of H-pyrrole nitrogens is 1. The fraction of sp³-hybridized carbons (Fsp3) is 0.250. The molecule has 0 aliphatic heterocycles. The third-order valence-electron chi connectivity index (χ3n) is 2.57. The van der Waals surface area contributed by atoms with Gasteiger partial charge >= 0.3 is 0 Å². The van der Waals surface area contributed by atoms with E-state index in [0.717, 1.165) is 28.4 Å². The summed E-state index contributed by atoms with van der Waals surface area (Å²) >= 11 is 12.0. The zero-order valence-corrected chi connectivity index (χ0v) is 10.9. The molecule has 1 aromatic carbocycles. The Hall–Kier alpha value is -1.03. The number of aromatic amines is 1. The van der Waals surface area contributed by atoms with Crippen LogP contribution in [0.3, 0.4) is 0 Å². The van der Waals surface area contributed by atoms with Gasteiger partial charge in [-0.2, -0.15) is 5.10 Å². The standard InChI is InChI=1S/C12H13Cl2N3/c1-8-10(7-16-17-8)6-15-5-9-4-11(13)2-3-12(9)14/h2-4,7,15H,5-6H2,1H3,(H,16,17). The highest BCUT2D eigenvalue weighted by Crippen LogP contribution is 2.20. The minimum absolute atomic E-state index is 0.685. The van der Waals surface area contributed by atoms with Crippen LogP contribution in [0, 0.1) is 6.92 Å². The fourth-order valence-electron chi connectivity index (χ4n) is 1.56. The molecule has 1 aromatic heterocycles. The summed E-state index contributed by atoms with van der Waals surface area (Å²) < 4.78 is 0. The number of hydrogen-bond acceptors (Lipinski definition) is 2. The van der Waals surface area contributed by atoms with Crippen LogP contribution in [0.1, 0.15) is 16.8 Å². The first kappa shape index (κ1) is 12.4. The Morgan fingerprint density at radius 3 is 2.71 bits per heavy atom. The van der Waals surface area contributed by atoms with E-state index >= 15 is 0 Å². The number of nitrogens with one attached hydrogen (secondary N) is 2. The van der Waals surface area contributed by atoms with Crippen molar-refractivity contribution < 1.29 is 0 Å². The number of halogens is 2. The van der Waals surface area contributed by atoms with Crippen molar-refractivity contribution in [3.63, 3.8) is 0 Å². The minimum Gasteiger partial charge on any atom is -0.308 e. The topological polar surface area (TPSA) is 40.7 Å². The van der Waals surface area contributed by atoms with Crippen molar-refractivity contribution in [2.45, 2.75) is 20.0 Å². The van der Waals surface area contributed by atoms with Crippen molar-refractivity contribution in [1.82, 2.24) is 15.5 Å². The molecule has 0 unspecified atom stereocenters. The Bertz CT molecular complexity index is 508. The van der Waals surface area contributed by atoms with E-state index < -0.39 is 0 Å². The normalized spacial score (nSPS) is 10.8. The number of benzene rings is 1. The highest BCUT2D eigenvalue weighted by atomic mass is 35.5. The molecule has 0 saturated heterocycles. The predicted octanol–water partition coefficient (Wildman–Crippen LogP) is 3.31. The van der Waals surface area contributed by atoms with E-state index in [4.69, 9.17) is 23.2 Å². The second-order valence-corrected chi connectivity index (χ2v) is 4.70. The molecule has 0 bridgehead atoms. The van der Waals surface area contributed by atoms with Gasteiger partial charge in [-0.1, -0.05) is 23.2 Å². The Labute approximate surface area is 110 Å². The first-order chi connectivity index (χ1) is 8.16. The number of aryl methyl sites for hydroxylation is 1. The van der Waals surface area contributed by atoms with E-state index in [1.807, 2.05) is 25.3 Å². The maximum absolute atomic E-state index is 6.07. The van der Waals surface area contributed by atoms with Crippen LogP contribution in [-0.4, -0.2) is 10.2 Å². The van der Waals surface area contributed by atoms with Crippen molar-refractivity contribution in [2.75, 3.05) is 0 Å². The molecule has 17 heavy (non-hydrogen) atoms. The molecular formula is C12H13Cl2N3. The van der Waals surface area contributed by atoms with Crippen molar-refractivity contribution in [2.24, 2.45) is 0 Å². The van der Waals surface area contributed by atoms with Gasteiger partial charge in [0, 0.05) is 34.4 Å². The molecular weight excluding hydrogens is 257 g/mol. The molecule has 0 atom stereocenters. The predicted molar refractivity (Wildman–Crippen MR) is 70.3 cm³/mol. The van der Waals surface area contributed by atoms with Gasteiger partial charge in [-0.25, -0.2) is 0 Å². The van der Waals surface area contributed by atoms with Crippen molar-refractivity contribution in [1.29, 1.82) is 0 Å². The van der Waals surface area contributed by atoms with Gasteiger partial charge in [0.2, 0.25) is 0 Å². The molecule has 2 aromatic rings. The summed E-state index contributed by atoms with van der Waals surface area (Å²) in [7, 11) is 0. The lowest BCUT2D eigenvalue weighted by molar-refractivity contribution is 0.691. The zero-order valence-electron chi connectivity index (χ0n) is 9.43.